The molecule has 2 aromatic carbocycles. The van der Waals surface area contributed by atoms with Crippen molar-refractivity contribution in [2.45, 2.75) is 13.8 Å². The average Bonchev–Trinajstić information content (AvgIpc) is 3.18. The second kappa shape index (κ2) is 8.06. The Bertz CT molecular complexity index is 1280. The lowest BCUT2D eigenvalue weighted by molar-refractivity contribution is -0.122. The first-order valence-corrected chi connectivity index (χ1v) is 10.0. The summed E-state index contributed by atoms with van der Waals surface area (Å²) in [6, 6.07) is 12.8. The third kappa shape index (κ3) is 3.87. The molecule has 156 valence electrons. The van der Waals surface area contributed by atoms with Crippen LogP contribution in [0.15, 0.2) is 58.5 Å². The van der Waals surface area contributed by atoms with Crippen LogP contribution < -0.4 is 10.2 Å². The van der Waals surface area contributed by atoms with E-state index >= 15 is 0 Å². The van der Waals surface area contributed by atoms with Crippen molar-refractivity contribution in [3.63, 3.8) is 0 Å². The van der Waals surface area contributed by atoms with Gasteiger partial charge in [0.15, 0.2) is 0 Å². The van der Waals surface area contributed by atoms with Crippen molar-refractivity contribution in [1.29, 1.82) is 0 Å². The van der Waals surface area contributed by atoms with Crippen LogP contribution >= 0.6 is 23.2 Å². The summed E-state index contributed by atoms with van der Waals surface area (Å²) in [6.45, 7) is 3.60. The average molecular weight is 455 g/mol. The van der Waals surface area contributed by atoms with E-state index < -0.39 is 17.8 Å². The molecule has 1 aromatic heterocycles. The number of carbonyl (C=O) groups excluding carboxylic acids is 3. The molecular formula is C23H16Cl2N2O4. The molecule has 0 bridgehead atoms. The van der Waals surface area contributed by atoms with Crippen LogP contribution in [0.1, 0.15) is 16.9 Å². The standard InChI is InChI=1S/C23H16Cl2N2O4/c1-12-6-7-14(24)10-16(12)20-9-8-15(31-20)11-17-21(28)26-23(30)27(22(17)29)19-5-3-4-18(25)13(19)2/h3-11H,1-2H3,(H,26,28,30)/b17-11+. The van der Waals surface area contributed by atoms with Crippen LogP contribution in [-0.4, -0.2) is 17.8 Å². The van der Waals surface area contributed by atoms with Crippen LogP contribution in [0, 0.1) is 13.8 Å². The SMILES string of the molecule is Cc1ccc(Cl)cc1-c1ccc(/C=C2\C(=O)NC(=O)N(c3cccc(Cl)c3C)C2=O)o1. The van der Waals surface area contributed by atoms with Gasteiger partial charge in [0, 0.05) is 15.6 Å². The predicted molar refractivity (Wildman–Crippen MR) is 119 cm³/mol. The Morgan fingerprint density at radius 3 is 2.55 bits per heavy atom. The summed E-state index contributed by atoms with van der Waals surface area (Å²) in [5, 5.41) is 3.14. The molecule has 3 aromatic rings. The van der Waals surface area contributed by atoms with Crippen LogP contribution in [0.2, 0.25) is 10.0 Å². The smallest absolute Gasteiger partial charge is 0.335 e. The van der Waals surface area contributed by atoms with Crippen molar-refractivity contribution in [2.75, 3.05) is 4.90 Å². The normalized spacial score (nSPS) is 15.5. The number of anilines is 1. The highest BCUT2D eigenvalue weighted by molar-refractivity contribution is 6.39. The van der Waals surface area contributed by atoms with E-state index in [1.165, 1.54) is 6.08 Å². The largest absolute Gasteiger partial charge is 0.457 e. The number of carbonyl (C=O) groups is 3. The lowest BCUT2D eigenvalue weighted by Crippen LogP contribution is -2.54. The van der Waals surface area contributed by atoms with Crippen LogP contribution in [-0.2, 0) is 9.59 Å². The predicted octanol–water partition coefficient (Wildman–Crippen LogP) is 5.54. The highest BCUT2D eigenvalue weighted by atomic mass is 35.5. The molecular weight excluding hydrogens is 439 g/mol. The van der Waals surface area contributed by atoms with Gasteiger partial charge in [-0.25, -0.2) is 9.69 Å². The van der Waals surface area contributed by atoms with Crippen molar-refractivity contribution in [3.05, 3.63) is 81.0 Å². The summed E-state index contributed by atoms with van der Waals surface area (Å²) >= 11 is 12.2. The third-order valence-electron chi connectivity index (χ3n) is 4.96. The molecule has 0 unspecified atom stereocenters. The molecule has 4 amide bonds. The quantitative estimate of drug-likeness (QED) is 0.416. The van der Waals surface area contributed by atoms with Gasteiger partial charge < -0.3 is 4.42 Å². The number of hydrogen-bond donors (Lipinski definition) is 1. The molecule has 6 nitrogen and oxygen atoms in total. The number of urea groups is 1. The maximum Gasteiger partial charge on any atom is 0.335 e. The lowest BCUT2D eigenvalue weighted by atomic mass is 10.1. The molecule has 1 saturated heterocycles. The molecule has 31 heavy (non-hydrogen) atoms. The summed E-state index contributed by atoms with van der Waals surface area (Å²) in [4.78, 5) is 38.7. The molecule has 8 heteroatoms. The van der Waals surface area contributed by atoms with Gasteiger partial charge in [-0.15, -0.1) is 0 Å². The van der Waals surface area contributed by atoms with E-state index in [0.717, 1.165) is 16.0 Å². The summed E-state index contributed by atoms with van der Waals surface area (Å²) < 4.78 is 5.82. The second-order valence-corrected chi connectivity index (χ2v) is 7.85. The number of imide groups is 2. The first-order chi connectivity index (χ1) is 14.8. The minimum atomic E-state index is -0.841. The number of halogens is 2. The highest BCUT2D eigenvalue weighted by Crippen LogP contribution is 2.31. The number of nitrogens with one attached hydrogen (secondary N) is 1. The molecule has 1 aliphatic rings. The van der Waals surface area contributed by atoms with Gasteiger partial charge in [-0.3, -0.25) is 14.9 Å². The van der Waals surface area contributed by atoms with E-state index in [0.29, 0.717) is 27.1 Å². The van der Waals surface area contributed by atoms with Gasteiger partial charge in [0.2, 0.25) is 0 Å². The van der Waals surface area contributed by atoms with Gasteiger partial charge in [-0.1, -0.05) is 35.3 Å². The summed E-state index contributed by atoms with van der Waals surface area (Å²) in [5.74, 6) is -0.752. The zero-order chi connectivity index (χ0) is 22.3. The Morgan fingerprint density at radius 2 is 1.77 bits per heavy atom. The molecule has 0 aliphatic carbocycles. The highest BCUT2D eigenvalue weighted by Gasteiger charge is 2.37. The van der Waals surface area contributed by atoms with E-state index in [4.69, 9.17) is 27.6 Å². The Labute approximate surface area is 188 Å². The fraction of sp³-hybridized carbons (Fsp3) is 0.0870. The van der Waals surface area contributed by atoms with E-state index in [-0.39, 0.29) is 11.3 Å². The van der Waals surface area contributed by atoms with Crippen LogP contribution in [0.3, 0.4) is 0 Å². The maximum absolute atomic E-state index is 13.1. The number of nitrogens with zero attached hydrogens (tertiary/aromatic N) is 1. The third-order valence-corrected chi connectivity index (χ3v) is 5.60. The molecule has 0 radical (unpaired) electrons. The van der Waals surface area contributed by atoms with Crippen LogP contribution in [0.5, 0.6) is 0 Å². The second-order valence-electron chi connectivity index (χ2n) is 7.00. The molecule has 4 rings (SSSR count). The van der Waals surface area contributed by atoms with Gasteiger partial charge in [-0.2, -0.15) is 0 Å². The maximum atomic E-state index is 13.1. The van der Waals surface area contributed by atoms with Crippen molar-refractivity contribution in [3.8, 4) is 11.3 Å². The Kier molecular flexibility index (Phi) is 5.43. The lowest BCUT2D eigenvalue weighted by Gasteiger charge is -2.27. The van der Waals surface area contributed by atoms with E-state index in [9.17, 15) is 14.4 Å². The number of barbiturate groups is 1. The molecule has 1 N–H and O–H groups in total. The Balaban J connectivity index is 1.72. The number of furan rings is 1. The summed E-state index contributed by atoms with van der Waals surface area (Å²) in [7, 11) is 0. The zero-order valence-corrected chi connectivity index (χ0v) is 18.0. The van der Waals surface area contributed by atoms with E-state index in [2.05, 4.69) is 5.32 Å². The summed E-state index contributed by atoms with van der Waals surface area (Å²) in [6.07, 6.45) is 1.31. The van der Waals surface area contributed by atoms with Gasteiger partial charge in [0.05, 0.1) is 5.69 Å². The Morgan fingerprint density at radius 1 is 1.00 bits per heavy atom. The van der Waals surface area contributed by atoms with E-state index in [1.807, 2.05) is 13.0 Å². The van der Waals surface area contributed by atoms with Crippen molar-refractivity contribution >= 4 is 52.8 Å². The van der Waals surface area contributed by atoms with Crippen molar-refractivity contribution in [2.24, 2.45) is 0 Å². The number of benzene rings is 2. The van der Waals surface area contributed by atoms with Crippen LogP contribution in [0.4, 0.5) is 10.5 Å². The zero-order valence-electron chi connectivity index (χ0n) is 16.5. The van der Waals surface area contributed by atoms with Gasteiger partial charge in [0.25, 0.3) is 11.8 Å². The number of rotatable bonds is 3. The number of aryl methyl sites for hydroxylation is 1. The number of hydrogen-bond acceptors (Lipinski definition) is 4. The van der Waals surface area contributed by atoms with Gasteiger partial charge >= 0.3 is 6.03 Å². The van der Waals surface area contributed by atoms with Crippen molar-refractivity contribution < 1.29 is 18.8 Å². The van der Waals surface area contributed by atoms with Crippen molar-refractivity contribution in [1.82, 2.24) is 5.32 Å². The molecule has 0 saturated carbocycles. The molecule has 1 aliphatic heterocycles. The van der Waals surface area contributed by atoms with Gasteiger partial charge in [0.1, 0.15) is 17.1 Å². The first kappa shape index (κ1) is 20.9. The van der Waals surface area contributed by atoms with Gasteiger partial charge in [-0.05, 0) is 67.4 Å². The summed E-state index contributed by atoms with van der Waals surface area (Å²) in [5.41, 5.74) is 2.35. The molecule has 0 spiro atoms. The first-order valence-electron chi connectivity index (χ1n) is 9.29. The number of amides is 4. The molecule has 0 atom stereocenters. The molecule has 1 fully saturated rings. The Hall–Kier alpha value is -3.35. The molecule has 2 heterocycles. The fourth-order valence-electron chi connectivity index (χ4n) is 3.29. The van der Waals surface area contributed by atoms with E-state index in [1.54, 1.807) is 49.4 Å². The monoisotopic (exact) mass is 454 g/mol. The van der Waals surface area contributed by atoms with Crippen LogP contribution in [0.25, 0.3) is 17.4 Å². The minimum Gasteiger partial charge on any atom is -0.457 e. The topological polar surface area (TPSA) is 79.6 Å². The minimum absolute atomic E-state index is 0.234. The fourth-order valence-corrected chi connectivity index (χ4v) is 3.63.